The predicted octanol–water partition coefficient (Wildman–Crippen LogP) is 5.76. The van der Waals surface area contributed by atoms with Gasteiger partial charge in [-0.3, -0.25) is 9.59 Å². The molecule has 158 valence electrons. The molecule has 0 aliphatic rings. The average molecular weight is 427 g/mol. The number of thioether (sulfide) groups is 2. The molecule has 0 saturated carbocycles. The van der Waals surface area contributed by atoms with Crippen LogP contribution in [0.15, 0.2) is 30.3 Å². The van der Waals surface area contributed by atoms with Crippen molar-refractivity contribution in [3.05, 3.63) is 30.3 Å². The van der Waals surface area contributed by atoms with Crippen molar-refractivity contribution >= 4 is 35.5 Å². The molecule has 0 aliphatic heterocycles. The Kier molecular flexibility index (Phi) is 11.1. The summed E-state index contributed by atoms with van der Waals surface area (Å²) in [5.74, 6) is 3.80. The van der Waals surface area contributed by atoms with Crippen LogP contribution in [-0.2, 0) is 9.59 Å². The van der Waals surface area contributed by atoms with Gasteiger partial charge in [-0.2, -0.15) is 23.5 Å². The summed E-state index contributed by atoms with van der Waals surface area (Å²) in [5, 5.41) is 8.90. The maximum Gasteiger partial charge on any atom is 0.316 e. The van der Waals surface area contributed by atoms with E-state index in [9.17, 15) is 9.59 Å². The second-order valence-electron chi connectivity index (χ2n) is 8.40. The van der Waals surface area contributed by atoms with Crippen LogP contribution < -0.4 is 4.74 Å². The van der Waals surface area contributed by atoms with Gasteiger partial charge in [-0.05, 0) is 73.7 Å². The summed E-state index contributed by atoms with van der Waals surface area (Å²) in [6.07, 6.45) is 3.07. The molecule has 0 saturated heterocycles. The van der Waals surface area contributed by atoms with E-state index < -0.39 is 11.4 Å². The van der Waals surface area contributed by atoms with Crippen LogP contribution in [0.2, 0.25) is 0 Å². The molecule has 0 fully saturated rings. The molecule has 0 unspecified atom stereocenters. The minimum atomic E-state index is -0.720. The molecule has 0 atom stereocenters. The zero-order valence-electron chi connectivity index (χ0n) is 17.5. The molecule has 1 N–H and O–H groups in total. The van der Waals surface area contributed by atoms with Crippen LogP contribution in [0.3, 0.4) is 0 Å². The number of carboxylic acids is 1. The molecule has 28 heavy (non-hydrogen) atoms. The van der Waals surface area contributed by atoms with Gasteiger partial charge in [-0.1, -0.05) is 32.0 Å². The summed E-state index contributed by atoms with van der Waals surface area (Å²) in [7, 11) is 0. The Bertz CT molecular complexity index is 600. The Hall–Kier alpha value is -1.14. The van der Waals surface area contributed by atoms with Gasteiger partial charge < -0.3 is 9.84 Å². The second kappa shape index (κ2) is 12.4. The summed E-state index contributed by atoms with van der Waals surface area (Å²) in [5.41, 5.74) is -0.624. The molecule has 0 radical (unpaired) electrons. The number of aliphatic carboxylic acids is 1. The molecule has 0 aliphatic carbocycles. The van der Waals surface area contributed by atoms with Crippen LogP contribution >= 0.6 is 23.5 Å². The van der Waals surface area contributed by atoms with E-state index in [4.69, 9.17) is 9.84 Å². The van der Waals surface area contributed by atoms with Crippen molar-refractivity contribution in [2.75, 3.05) is 23.0 Å². The van der Waals surface area contributed by atoms with Crippen molar-refractivity contribution in [2.45, 2.75) is 53.4 Å². The highest BCUT2D eigenvalue weighted by Crippen LogP contribution is 2.28. The van der Waals surface area contributed by atoms with Crippen LogP contribution in [0.1, 0.15) is 53.4 Å². The molecular formula is C22H34O4S2. The maximum absolute atomic E-state index is 12.3. The third-order valence-corrected chi connectivity index (χ3v) is 6.65. The van der Waals surface area contributed by atoms with Gasteiger partial charge in [-0.25, -0.2) is 0 Å². The fraction of sp³-hybridized carbons (Fsp3) is 0.636. The molecular weight excluding hydrogens is 392 g/mol. The highest BCUT2D eigenvalue weighted by molar-refractivity contribution is 8.00. The van der Waals surface area contributed by atoms with Crippen molar-refractivity contribution in [1.82, 2.24) is 0 Å². The summed E-state index contributed by atoms with van der Waals surface area (Å²) in [6.45, 7) is 7.91. The molecule has 1 aromatic rings. The van der Waals surface area contributed by atoms with E-state index in [1.807, 2.05) is 69.4 Å². The number of esters is 1. The first-order valence-electron chi connectivity index (χ1n) is 9.77. The fourth-order valence-electron chi connectivity index (χ4n) is 2.48. The first kappa shape index (κ1) is 24.9. The second-order valence-corrected chi connectivity index (χ2v) is 10.8. The third-order valence-electron chi connectivity index (χ3n) is 4.51. The van der Waals surface area contributed by atoms with Gasteiger partial charge in [0.25, 0.3) is 0 Å². The number of hydrogen-bond donors (Lipinski definition) is 1. The van der Waals surface area contributed by atoms with E-state index in [-0.39, 0.29) is 17.8 Å². The predicted molar refractivity (Wildman–Crippen MR) is 120 cm³/mol. The lowest BCUT2D eigenvalue weighted by molar-refractivity contribution is -0.144. The van der Waals surface area contributed by atoms with Crippen molar-refractivity contribution in [3.8, 4) is 5.75 Å². The normalized spacial score (nSPS) is 12.0. The van der Waals surface area contributed by atoms with Crippen LogP contribution in [0, 0.1) is 10.8 Å². The smallest absolute Gasteiger partial charge is 0.316 e. The minimum absolute atomic E-state index is 0.131. The quantitative estimate of drug-likeness (QED) is 0.232. The van der Waals surface area contributed by atoms with Gasteiger partial charge in [-0.15, -0.1) is 0 Å². The minimum Gasteiger partial charge on any atom is -0.481 e. The zero-order valence-corrected chi connectivity index (χ0v) is 19.2. The number of rotatable bonds is 14. The van der Waals surface area contributed by atoms with E-state index in [0.29, 0.717) is 5.75 Å². The Morgan fingerprint density at radius 1 is 0.929 bits per heavy atom. The first-order valence-corrected chi connectivity index (χ1v) is 12.1. The molecule has 0 amide bonds. The van der Waals surface area contributed by atoms with E-state index in [1.54, 1.807) is 12.1 Å². The van der Waals surface area contributed by atoms with E-state index in [1.165, 1.54) is 0 Å². The molecule has 0 spiro atoms. The van der Waals surface area contributed by atoms with Crippen molar-refractivity contribution in [2.24, 2.45) is 10.8 Å². The number of carbonyl (C=O) groups is 2. The van der Waals surface area contributed by atoms with Crippen LogP contribution in [0.4, 0.5) is 0 Å². The van der Waals surface area contributed by atoms with Gasteiger partial charge in [0.05, 0.1) is 11.8 Å². The summed E-state index contributed by atoms with van der Waals surface area (Å²) < 4.78 is 5.46. The number of hydrogen-bond acceptors (Lipinski definition) is 5. The third kappa shape index (κ3) is 11.0. The number of carbonyl (C=O) groups excluding carboxylic acids is 1. The lowest BCUT2D eigenvalue weighted by atomic mass is 9.87. The number of carboxylic acid groups (broad SMARTS) is 1. The van der Waals surface area contributed by atoms with Crippen molar-refractivity contribution < 1.29 is 19.4 Å². The molecule has 0 aromatic heterocycles. The zero-order chi connectivity index (χ0) is 21.0. The molecule has 0 heterocycles. The van der Waals surface area contributed by atoms with Crippen LogP contribution in [0.25, 0.3) is 0 Å². The SMILES string of the molecule is CC(C)(CCSCCCSCCC(C)(C)C(=O)Oc1ccccc1)CC(=O)O. The van der Waals surface area contributed by atoms with Crippen LogP contribution in [-0.4, -0.2) is 40.1 Å². The Morgan fingerprint density at radius 2 is 1.50 bits per heavy atom. The lowest BCUT2D eigenvalue weighted by Gasteiger charge is -2.22. The summed E-state index contributed by atoms with van der Waals surface area (Å²) in [6, 6.07) is 9.20. The van der Waals surface area contributed by atoms with Gasteiger partial charge in [0.15, 0.2) is 0 Å². The number of benzene rings is 1. The van der Waals surface area contributed by atoms with Gasteiger partial charge in [0, 0.05) is 0 Å². The molecule has 1 aromatic carbocycles. The van der Waals surface area contributed by atoms with Gasteiger partial charge in [0.1, 0.15) is 5.75 Å². The maximum atomic E-state index is 12.3. The molecule has 6 heteroatoms. The fourth-order valence-corrected chi connectivity index (χ4v) is 5.12. The van der Waals surface area contributed by atoms with Crippen LogP contribution in [0.5, 0.6) is 5.75 Å². The highest BCUT2D eigenvalue weighted by Gasteiger charge is 2.29. The van der Waals surface area contributed by atoms with Gasteiger partial charge >= 0.3 is 11.9 Å². The van der Waals surface area contributed by atoms with Crippen molar-refractivity contribution in [1.29, 1.82) is 0 Å². The molecule has 0 bridgehead atoms. The van der Waals surface area contributed by atoms with Gasteiger partial charge in [0.2, 0.25) is 0 Å². The molecule has 1 rings (SSSR count). The highest BCUT2D eigenvalue weighted by atomic mass is 32.2. The topological polar surface area (TPSA) is 63.6 Å². The Labute approximate surface area is 178 Å². The van der Waals surface area contributed by atoms with E-state index >= 15 is 0 Å². The van der Waals surface area contributed by atoms with E-state index in [0.717, 1.165) is 42.3 Å². The summed E-state index contributed by atoms with van der Waals surface area (Å²) in [4.78, 5) is 23.2. The average Bonchev–Trinajstić information content (AvgIpc) is 2.60. The monoisotopic (exact) mass is 426 g/mol. The number of para-hydroxylation sites is 1. The first-order chi connectivity index (χ1) is 13.1. The molecule has 4 nitrogen and oxygen atoms in total. The van der Waals surface area contributed by atoms with E-state index in [2.05, 4.69) is 0 Å². The standard InChI is InChI=1S/C22H34O4S2/c1-21(2,17-19(23)24)11-15-27-13-8-14-28-16-12-22(3,4)20(25)26-18-9-6-5-7-10-18/h5-7,9-10H,8,11-17H2,1-4H3,(H,23,24). The Morgan fingerprint density at radius 3 is 2.07 bits per heavy atom. The lowest BCUT2D eigenvalue weighted by Crippen LogP contribution is -2.29. The van der Waals surface area contributed by atoms with Crippen molar-refractivity contribution in [3.63, 3.8) is 0 Å². The summed E-state index contributed by atoms with van der Waals surface area (Å²) >= 11 is 3.77. The number of ether oxygens (including phenoxy) is 1. The Balaban J connectivity index is 2.10. The largest absolute Gasteiger partial charge is 0.481 e.